The molecule has 2 N–H and O–H groups in total. The van der Waals surface area contributed by atoms with Crippen LogP contribution in [0.4, 0.5) is 0 Å². The summed E-state index contributed by atoms with van der Waals surface area (Å²) < 4.78 is 5.34. The molecule has 0 fully saturated rings. The molecular weight excluding hydrogens is 224 g/mol. The van der Waals surface area contributed by atoms with Crippen LogP contribution in [0.1, 0.15) is 18.5 Å². The first-order valence-corrected chi connectivity index (χ1v) is 5.82. The third-order valence-corrected chi connectivity index (χ3v) is 2.75. The Morgan fingerprint density at radius 2 is 2.19 bits per heavy atom. The molecule has 1 rings (SSSR count). The lowest BCUT2D eigenvalue weighted by Crippen LogP contribution is -2.29. The summed E-state index contributed by atoms with van der Waals surface area (Å²) in [5, 5.41) is 7.29. The van der Waals surface area contributed by atoms with Crippen molar-refractivity contribution < 1.29 is 4.74 Å². The van der Waals surface area contributed by atoms with Gasteiger partial charge in [0.25, 0.3) is 0 Å². The largest absolute Gasteiger partial charge is 0.496 e. The molecule has 0 heterocycles. The standard InChI is InChI=1S/C12H19ClN2O/c1-4-15-8-11(14-2)10-7-9(13)5-6-12(10)16-3/h5-7,11,14-15H,4,8H2,1-3H3. The Hall–Kier alpha value is -0.770. The van der Waals surface area contributed by atoms with Gasteiger partial charge in [-0.2, -0.15) is 0 Å². The van der Waals surface area contributed by atoms with Crippen LogP contribution in [0.2, 0.25) is 5.02 Å². The van der Waals surface area contributed by atoms with Gasteiger partial charge in [0.15, 0.2) is 0 Å². The van der Waals surface area contributed by atoms with E-state index >= 15 is 0 Å². The number of methoxy groups -OCH3 is 1. The minimum Gasteiger partial charge on any atom is -0.496 e. The van der Waals surface area contributed by atoms with E-state index in [2.05, 4.69) is 17.6 Å². The summed E-state index contributed by atoms with van der Waals surface area (Å²) in [6.07, 6.45) is 0. The number of hydrogen-bond donors (Lipinski definition) is 2. The molecule has 1 aromatic carbocycles. The average Bonchev–Trinajstić information content (AvgIpc) is 2.30. The number of benzene rings is 1. The average molecular weight is 243 g/mol. The molecule has 4 heteroatoms. The van der Waals surface area contributed by atoms with Crippen molar-refractivity contribution in [1.82, 2.24) is 10.6 Å². The summed E-state index contributed by atoms with van der Waals surface area (Å²) >= 11 is 6.01. The molecule has 1 atom stereocenters. The van der Waals surface area contributed by atoms with Crippen LogP contribution >= 0.6 is 11.6 Å². The smallest absolute Gasteiger partial charge is 0.123 e. The van der Waals surface area contributed by atoms with E-state index in [9.17, 15) is 0 Å². The second-order valence-electron chi connectivity index (χ2n) is 3.54. The van der Waals surface area contributed by atoms with Crippen LogP contribution in [-0.2, 0) is 0 Å². The molecule has 0 radical (unpaired) electrons. The van der Waals surface area contributed by atoms with E-state index in [1.54, 1.807) is 7.11 Å². The van der Waals surface area contributed by atoms with Gasteiger partial charge in [-0.3, -0.25) is 0 Å². The molecule has 90 valence electrons. The van der Waals surface area contributed by atoms with Crippen molar-refractivity contribution in [3.8, 4) is 5.75 Å². The summed E-state index contributed by atoms with van der Waals surface area (Å²) in [4.78, 5) is 0. The molecule has 0 aromatic heterocycles. The Labute approximate surface area is 102 Å². The van der Waals surface area contributed by atoms with Gasteiger partial charge in [-0.15, -0.1) is 0 Å². The monoisotopic (exact) mass is 242 g/mol. The highest BCUT2D eigenvalue weighted by Gasteiger charge is 2.14. The van der Waals surface area contributed by atoms with Crippen molar-refractivity contribution in [3.63, 3.8) is 0 Å². The number of likely N-dealkylation sites (N-methyl/N-ethyl adjacent to an activating group) is 2. The number of hydrogen-bond acceptors (Lipinski definition) is 3. The first-order valence-electron chi connectivity index (χ1n) is 5.44. The summed E-state index contributed by atoms with van der Waals surface area (Å²) in [6, 6.07) is 5.88. The highest BCUT2D eigenvalue weighted by atomic mass is 35.5. The van der Waals surface area contributed by atoms with Crippen molar-refractivity contribution in [2.45, 2.75) is 13.0 Å². The second kappa shape index (κ2) is 6.74. The van der Waals surface area contributed by atoms with Crippen molar-refractivity contribution in [2.24, 2.45) is 0 Å². The van der Waals surface area contributed by atoms with Crippen LogP contribution in [0, 0.1) is 0 Å². The molecular formula is C12H19ClN2O. The lowest BCUT2D eigenvalue weighted by molar-refractivity contribution is 0.399. The third-order valence-electron chi connectivity index (χ3n) is 2.51. The maximum Gasteiger partial charge on any atom is 0.123 e. The van der Waals surface area contributed by atoms with Gasteiger partial charge in [0, 0.05) is 23.2 Å². The quantitative estimate of drug-likeness (QED) is 0.803. The van der Waals surface area contributed by atoms with E-state index in [-0.39, 0.29) is 6.04 Å². The van der Waals surface area contributed by atoms with Gasteiger partial charge in [0.1, 0.15) is 5.75 Å². The first kappa shape index (κ1) is 13.3. The van der Waals surface area contributed by atoms with Crippen LogP contribution in [0.3, 0.4) is 0 Å². The van der Waals surface area contributed by atoms with E-state index in [1.165, 1.54) is 0 Å². The molecule has 1 aromatic rings. The molecule has 16 heavy (non-hydrogen) atoms. The van der Waals surface area contributed by atoms with Gasteiger partial charge in [-0.05, 0) is 31.8 Å². The van der Waals surface area contributed by atoms with E-state index in [0.717, 1.165) is 29.4 Å². The minimum atomic E-state index is 0.202. The Morgan fingerprint density at radius 3 is 2.75 bits per heavy atom. The summed E-state index contributed by atoms with van der Waals surface area (Å²) in [7, 11) is 3.61. The molecule has 0 saturated carbocycles. The van der Waals surface area contributed by atoms with Crippen molar-refractivity contribution in [3.05, 3.63) is 28.8 Å². The minimum absolute atomic E-state index is 0.202. The van der Waals surface area contributed by atoms with Crippen LogP contribution in [0.15, 0.2) is 18.2 Å². The van der Waals surface area contributed by atoms with Crippen LogP contribution in [0.5, 0.6) is 5.75 Å². The number of nitrogens with one attached hydrogen (secondary N) is 2. The zero-order valence-corrected chi connectivity index (χ0v) is 10.8. The zero-order chi connectivity index (χ0) is 12.0. The topological polar surface area (TPSA) is 33.3 Å². The SMILES string of the molecule is CCNCC(NC)c1cc(Cl)ccc1OC. The highest BCUT2D eigenvalue weighted by molar-refractivity contribution is 6.30. The Kier molecular flexibility index (Phi) is 5.60. The molecule has 0 aliphatic rings. The lowest BCUT2D eigenvalue weighted by Gasteiger charge is -2.19. The summed E-state index contributed by atoms with van der Waals surface area (Å²) in [5.41, 5.74) is 1.08. The van der Waals surface area contributed by atoms with Crippen LogP contribution < -0.4 is 15.4 Å². The second-order valence-corrected chi connectivity index (χ2v) is 3.97. The molecule has 0 spiro atoms. The van der Waals surface area contributed by atoms with Gasteiger partial charge in [0.05, 0.1) is 7.11 Å². The normalized spacial score (nSPS) is 12.5. The predicted molar refractivity (Wildman–Crippen MR) is 68.3 cm³/mol. The molecule has 0 saturated heterocycles. The van der Waals surface area contributed by atoms with Crippen molar-refractivity contribution in [2.75, 3.05) is 27.2 Å². The number of rotatable bonds is 6. The van der Waals surface area contributed by atoms with Crippen LogP contribution in [-0.4, -0.2) is 27.2 Å². The van der Waals surface area contributed by atoms with Gasteiger partial charge in [-0.25, -0.2) is 0 Å². The zero-order valence-electron chi connectivity index (χ0n) is 10.0. The van der Waals surface area contributed by atoms with E-state index < -0.39 is 0 Å². The number of halogens is 1. The molecule has 1 unspecified atom stereocenters. The van der Waals surface area contributed by atoms with Gasteiger partial charge in [-0.1, -0.05) is 18.5 Å². The molecule has 3 nitrogen and oxygen atoms in total. The maximum absolute atomic E-state index is 6.01. The number of ether oxygens (including phenoxy) is 1. The Bertz CT molecular complexity index is 331. The van der Waals surface area contributed by atoms with Crippen molar-refractivity contribution >= 4 is 11.6 Å². The predicted octanol–water partition coefficient (Wildman–Crippen LogP) is 2.22. The third kappa shape index (κ3) is 3.37. The van der Waals surface area contributed by atoms with Crippen molar-refractivity contribution in [1.29, 1.82) is 0 Å². The molecule has 0 aliphatic carbocycles. The lowest BCUT2D eigenvalue weighted by atomic mass is 10.1. The fraction of sp³-hybridized carbons (Fsp3) is 0.500. The molecule has 0 aliphatic heterocycles. The van der Waals surface area contributed by atoms with E-state index in [1.807, 2.05) is 25.2 Å². The van der Waals surface area contributed by atoms with Gasteiger partial charge < -0.3 is 15.4 Å². The van der Waals surface area contributed by atoms with Gasteiger partial charge in [0.2, 0.25) is 0 Å². The van der Waals surface area contributed by atoms with E-state index in [4.69, 9.17) is 16.3 Å². The maximum atomic E-state index is 6.01. The summed E-state index contributed by atoms with van der Waals surface area (Å²) in [5.74, 6) is 0.863. The molecule has 0 amide bonds. The first-order chi connectivity index (χ1) is 7.72. The fourth-order valence-corrected chi connectivity index (χ4v) is 1.81. The Morgan fingerprint density at radius 1 is 1.44 bits per heavy atom. The highest BCUT2D eigenvalue weighted by Crippen LogP contribution is 2.27. The summed E-state index contributed by atoms with van der Waals surface area (Å²) in [6.45, 7) is 3.88. The molecule has 0 bridgehead atoms. The van der Waals surface area contributed by atoms with Crippen LogP contribution in [0.25, 0.3) is 0 Å². The fourth-order valence-electron chi connectivity index (χ4n) is 1.63. The van der Waals surface area contributed by atoms with E-state index in [0.29, 0.717) is 0 Å². The Balaban J connectivity index is 2.92. The van der Waals surface area contributed by atoms with Gasteiger partial charge >= 0.3 is 0 Å².